The van der Waals surface area contributed by atoms with Crippen LogP contribution in [0.25, 0.3) is 0 Å². The molecular formula is C18H28N2O5S. The van der Waals surface area contributed by atoms with Crippen LogP contribution in [0.5, 0.6) is 5.75 Å². The zero-order valence-corrected chi connectivity index (χ0v) is 16.4. The van der Waals surface area contributed by atoms with Gasteiger partial charge in [-0.2, -0.15) is 4.31 Å². The van der Waals surface area contributed by atoms with Gasteiger partial charge >= 0.3 is 5.97 Å². The Kier molecular flexibility index (Phi) is 7.02. The summed E-state index contributed by atoms with van der Waals surface area (Å²) in [4.78, 5) is 13.7. The number of hydrogen-bond acceptors (Lipinski definition) is 5. The van der Waals surface area contributed by atoms with Gasteiger partial charge in [-0.05, 0) is 43.0 Å². The number of carboxylic acids is 1. The highest BCUT2D eigenvalue weighted by Crippen LogP contribution is 2.22. The average molecular weight is 384 g/mol. The lowest BCUT2D eigenvalue weighted by Gasteiger charge is -2.28. The van der Waals surface area contributed by atoms with Crippen LogP contribution in [-0.4, -0.2) is 68.0 Å². The summed E-state index contributed by atoms with van der Waals surface area (Å²) in [6.07, 6.45) is 1.16. The van der Waals surface area contributed by atoms with Crippen LogP contribution in [0, 0.1) is 5.92 Å². The Balaban J connectivity index is 2.12. The third kappa shape index (κ3) is 4.96. The number of nitrogens with zero attached hydrogens (tertiary/aromatic N) is 2. The molecule has 1 N–H and O–H groups in total. The second-order valence-electron chi connectivity index (χ2n) is 6.95. The fourth-order valence-corrected chi connectivity index (χ4v) is 4.68. The Morgan fingerprint density at radius 2 is 1.81 bits per heavy atom. The maximum Gasteiger partial charge on any atom is 0.320 e. The first-order valence-corrected chi connectivity index (χ1v) is 10.3. The normalized spacial score (nSPS) is 18.5. The van der Waals surface area contributed by atoms with E-state index in [0.717, 1.165) is 0 Å². The molecule has 1 aromatic carbocycles. The molecule has 0 radical (unpaired) electrons. The Bertz CT molecular complexity index is 703. The van der Waals surface area contributed by atoms with E-state index in [2.05, 4.69) is 0 Å². The number of methoxy groups -OCH3 is 1. The highest BCUT2D eigenvalue weighted by Gasteiger charge is 2.31. The Morgan fingerprint density at radius 1 is 1.15 bits per heavy atom. The zero-order valence-electron chi connectivity index (χ0n) is 15.6. The van der Waals surface area contributed by atoms with E-state index < -0.39 is 22.0 Å². The molecule has 0 spiro atoms. The second kappa shape index (κ2) is 8.83. The monoisotopic (exact) mass is 384 g/mol. The molecular weight excluding hydrogens is 356 g/mol. The molecule has 7 nitrogen and oxygen atoms in total. The first-order chi connectivity index (χ1) is 12.3. The minimum absolute atomic E-state index is 0.226. The zero-order chi connectivity index (χ0) is 19.3. The largest absolute Gasteiger partial charge is 0.497 e. The van der Waals surface area contributed by atoms with Crippen molar-refractivity contribution in [3.8, 4) is 5.75 Å². The van der Waals surface area contributed by atoms with E-state index in [1.165, 1.54) is 23.5 Å². The minimum atomic E-state index is -3.60. The molecule has 1 saturated heterocycles. The summed E-state index contributed by atoms with van der Waals surface area (Å²) in [6, 6.07) is 5.75. The van der Waals surface area contributed by atoms with Crippen LogP contribution >= 0.6 is 0 Å². The summed E-state index contributed by atoms with van der Waals surface area (Å²) < 4.78 is 32.3. The molecule has 0 saturated carbocycles. The van der Waals surface area contributed by atoms with Crippen molar-refractivity contribution in [2.75, 3.05) is 33.3 Å². The van der Waals surface area contributed by atoms with Gasteiger partial charge in [-0.3, -0.25) is 9.69 Å². The fourth-order valence-electron chi connectivity index (χ4n) is 3.22. The molecule has 2 rings (SSSR count). The number of ether oxygens (including phenoxy) is 1. The molecule has 0 amide bonds. The van der Waals surface area contributed by atoms with Gasteiger partial charge in [0, 0.05) is 26.2 Å². The van der Waals surface area contributed by atoms with Crippen LogP contribution in [0.2, 0.25) is 0 Å². The highest BCUT2D eigenvalue weighted by atomic mass is 32.2. The van der Waals surface area contributed by atoms with E-state index in [4.69, 9.17) is 4.74 Å². The summed E-state index contributed by atoms with van der Waals surface area (Å²) in [5.41, 5.74) is 0. The van der Waals surface area contributed by atoms with E-state index in [0.29, 0.717) is 38.2 Å². The van der Waals surface area contributed by atoms with Gasteiger partial charge in [-0.15, -0.1) is 0 Å². The maximum atomic E-state index is 12.9. The number of carbonyl (C=O) groups is 1. The molecule has 1 aliphatic rings. The van der Waals surface area contributed by atoms with Gasteiger partial charge < -0.3 is 9.84 Å². The van der Waals surface area contributed by atoms with Crippen molar-refractivity contribution in [1.82, 2.24) is 9.21 Å². The SMILES string of the molecule is COc1ccc(S(=O)(=O)N2CCCN(C(CC(C)C)C(=O)O)CC2)cc1. The van der Waals surface area contributed by atoms with Crippen LogP contribution in [0.3, 0.4) is 0 Å². The van der Waals surface area contributed by atoms with Crippen LogP contribution in [-0.2, 0) is 14.8 Å². The number of benzene rings is 1. The molecule has 1 atom stereocenters. The van der Waals surface area contributed by atoms with Crippen molar-refractivity contribution >= 4 is 16.0 Å². The van der Waals surface area contributed by atoms with Gasteiger partial charge in [0.2, 0.25) is 10.0 Å². The van der Waals surface area contributed by atoms with Gasteiger partial charge in [0.05, 0.1) is 12.0 Å². The smallest absolute Gasteiger partial charge is 0.320 e. The van der Waals surface area contributed by atoms with Crippen molar-refractivity contribution < 1.29 is 23.1 Å². The maximum absolute atomic E-state index is 12.9. The van der Waals surface area contributed by atoms with Crippen molar-refractivity contribution in [2.24, 2.45) is 5.92 Å². The minimum Gasteiger partial charge on any atom is -0.497 e. The third-order valence-corrected chi connectivity index (χ3v) is 6.52. The summed E-state index contributed by atoms with van der Waals surface area (Å²) in [7, 11) is -2.07. The summed E-state index contributed by atoms with van der Waals surface area (Å²) in [5, 5.41) is 9.53. The van der Waals surface area contributed by atoms with E-state index in [9.17, 15) is 18.3 Å². The van der Waals surface area contributed by atoms with Gasteiger partial charge in [0.15, 0.2) is 0 Å². The van der Waals surface area contributed by atoms with Crippen molar-refractivity contribution in [1.29, 1.82) is 0 Å². The summed E-state index contributed by atoms with van der Waals surface area (Å²) >= 11 is 0. The average Bonchev–Trinajstić information content (AvgIpc) is 2.86. The molecule has 0 bridgehead atoms. The number of hydrogen-bond donors (Lipinski definition) is 1. The lowest BCUT2D eigenvalue weighted by Crippen LogP contribution is -2.44. The standard InChI is InChI=1S/C18H28N2O5S/c1-14(2)13-17(18(21)22)19-9-4-10-20(12-11-19)26(23,24)16-7-5-15(25-3)6-8-16/h5-8,14,17H,4,9-13H2,1-3H3,(H,21,22). The van der Waals surface area contributed by atoms with Gasteiger partial charge in [0.25, 0.3) is 0 Å². The predicted molar refractivity (Wildman–Crippen MR) is 98.8 cm³/mol. The van der Waals surface area contributed by atoms with Crippen molar-refractivity contribution in [3.05, 3.63) is 24.3 Å². The van der Waals surface area contributed by atoms with E-state index in [1.807, 2.05) is 18.7 Å². The van der Waals surface area contributed by atoms with Crippen LogP contribution < -0.4 is 4.74 Å². The first-order valence-electron chi connectivity index (χ1n) is 8.86. The first kappa shape index (κ1) is 20.7. The van der Waals surface area contributed by atoms with Crippen molar-refractivity contribution in [3.63, 3.8) is 0 Å². The van der Waals surface area contributed by atoms with Crippen LogP contribution in [0.1, 0.15) is 26.7 Å². The molecule has 1 aliphatic heterocycles. The molecule has 0 aromatic heterocycles. The Morgan fingerprint density at radius 3 is 2.35 bits per heavy atom. The lowest BCUT2D eigenvalue weighted by molar-refractivity contribution is -0.143. The Hall–Kier alpha value is -1.64. The molecule has 8 heteroatoms. The molecule has 1 unspecified atom stereocenters. The molecule has 1 fully saturated rings. The fraction of sp³-hybridized carbons (Fsp3) is 0.611. The predicted octanol–water partition coefficient (Wildman–Crippen LogP) is 1.89. The number of rotatable bonds is 7. The van der Waals surface area contributed by atoms with Gasteiger partial charge in [-0.1, -0.05) is 13.8 Å². The molecule has 146 valence electrons. The summed E-state index contributed by atoms with van der Waals surface area (Å²) in [5.74, 6) is 0.0210. The quantitative estimate of drug-likeness (QED) is 0.772. The van der Waals surface area contributed by atoms with Gasteiger partial charge in [0.1, 0.15) is 11.8 Å². The van der Waals surface area contributed by atoms with E-state index >= 15 is 0 Å². The topological polar surface area (TPSA) is 87.2 Å². The van der Waals surface area contributed by atoms with E-state index in [-0.39, 0.29) is 17.4 Å². The van der Waals surface area contributed by atoms with E-state index in [1.54, 1.807) is 12.1 Å². The number of sulfonamides is 1. The van der Waals surface area contributed by atoms with Crippen LogP contribution in [0.4, 0.5) is 0 Å². The molecule has 0 aliphatic carbocycles. The lowest BCUT2D eigenvalue weighted by atomic mass is 10.0. The van der Waals surface area contributed by atoms with Gasteiger partial charge in [-0.25, -0.2) is 8.42 Å². The van der Waals surface area contributed by atoms with Crippen LogP contribution in [0.15, 0.2) is 29.2 Å². The Labute approximate surface area is 155 Å². The van der Waals surface area contributed by atoms with Crippen molar-refractivity contribution in [2.45, 2.75) is 37.6 Å². The molecule has 1 heterocycles. The third-order valence-electron chi connectivity index (χ3n) is 4.61. The molecule has 26 heavy (non-hydrogen) atoms. The number of aliphatic carboxylic acids is 1. The summed E-state index contributed by atoms with van der Waals surface area (Å²) in [6.45, 7) is 5.66. The number of carboxylic acid groups (broad SMARTS) is 1. The second-order valence-corrected chi connectivity index (χ2v) is 8.89. The highest BCUT2D eigenvalue weighted by molar-refractivity contribution is 7.89. The molecule has 1 aromatic rings.